The summed E-state index contributed by atoms with van der Waals surface area (Å²) in [6, 6.07) is 11.6. The first kappa shape index (κ1) is 18.8. The lowest BCUT2D eigenvalue weighted by Crippen LogP contribution is -2.04. The van der Waals surface area contributed by atoms with Gasteiger partial charge in [0.1, 0.15) is 46.9 Å². The summed E-state index contributed by atoms with van der Waals surface area (Å²) in [4.78, 5) is 8.18. The Bertz CT molecular complexity index is 1090. The molecule has 2 heterocycles. The molecule has 0 atom stereocenters. The summed E-state index contributed by atoms with van der Waals surface area (Å²) in [6.45, 7) is 0.720. The summed E-state index contributed by atoms with van der Waals surface area (Å²) in [5.41, 5.74) is 7.75. The van der Waals surface area contributed by atoms with E-state index in [9.17, 15) is 10.5 Å². The van der Waals surface area contributed by atoms with Crippen LogP contribution in [0.4, 0.5) is 5.82 Å². The van der Waals surface area contributed by atoms with E-state index < -0.39 is 0 Å². The van der Waals surface area contributed by atoms with Gasteiger partial charge in [0.25, 0.3) is 0 Å². The van der Waals surface area contributed by atoms with E-state index in [1.54, 1.807) is 11.0 Å². The fourth-order valence-electron chi connectivity index (χ4n) is 2.83. The Hall–Kier alpha value is -3.56. The number of nitriles is 2. The molecular formula is C20H17N7OS. The highest BCUT2D eigenvalue weighted by atomic mass is 32.2. The second-order valence-corrected chi connectivity index (χ2v) is 7.57. The van der Waals surface area contributed by atoms with Crippen LogP contribution in [-0.4, -0.2) is 26.4 Å². The Kier molecular flexibility index (Phi) is 5.32. The van der Waals surface area contributed by atoms with Gasteiger partial charge in [-0.2, -0.15) is 15.6 Å². The normalized spacial score (nSPS) is 12.9. The summed E-state index contributed by atoms with van der Waals surface area (Å²) in [5, 5.41) is 23.9. The second kappa shape index (κ2) is 8.21. The smallest absolute Gasteiger partial charge is 0.143 e. The van der Waals surface area contributed by atoms with E-state index in [1.165, 1.54) is 30.9 Å². The van der Waals surface area contributed by atoms with Gasteiger partial charge in [0, 0.05) is 5.56 Å². The monoisotopic (exact) mass is 403 g/mol. The van der Waals surface area contributed by atoms with Gasteiger partial charge in [-0.25, -0.2) is 14.6 Å². The Morgan fingerprint density at radius 1 is 1.17 bits per heavy atom. The molecular weight excluding hydrogens is 386 g/mol. The summed E-state index contributed by atoms with van der Waals surface area (Å²) >= 11 is 1.31. The van der Waals surface area contributed by atoms with Gasteiger partial charge in [0.05, 0.1) is 18.0 Å². The molecule has 0 spiro atoms. The molecule has 0 aliphatic heterocycles. The van der Waals surface area contributed by atoms with Crippen LogP contribution in [0.5, 0.6) is 5.75 Å². The number of pyridine rings is 1. The van der Waals surface area contributed by atoms with Crippen LogP contribution in [0.3, 0.4) is 0 Å². The molecule has 2 N–H and O–H groups in total. The van der Waals surface area contributed by atoms with Crippen LogP contribution < -0.4 is 10.5 Å². The third kappa shape index (κ3) is 4.15. The third-order valence-electron chi connectivity index (χ3n) is 4.54. The van der Waals surface area contributed by atoms with Crippen LogP contribution in [0.15, 0.2) is 41.9 Å². The van der Waals surface area contributed by atoms with Crippen molar-refractivity contribution < 1.29 is 4.74 Å². The molecule has 0 bridgehead atoms. The van der Waals surface area contributed by atoms with Crippen LogP contribution in [0.1, 0.15) is 24.0 Å². The lowest BCUT2D eigenvalue weighted by molar-refractivity contribution is 0.300. The lowest BCUT2D eigenvalue weighted by Gasteiger charge is -2.13. The van der Waals surface area contributed by atoms with Crippen molar-refractivity contribution in [1.29, 1.82) is 10.5 Å². The number of thioether (sulfide) groups is 1. The molecule has 4 rings (SSSR count). The average molecular weight is 403 g/mol. The van der Waals surface area contributed by atoms with Crippen molar-refractivity contribution in [3.8, 4) is 29.0 Å². The van der Waals surface area contributed by atoms with Crippen molar-refractivity contribution in [2.45, 2.75) is 23.7 Å². The summed E-state index contributed by atoms with van der Waals surface area (Å²) < 4.78 is 7.39. The molecule has 3 aromatic rings. The van der Waals surface area contributed by atoms with Crippen molar-refractivity contribution in [2.24, 2.45) is 5.92 Å². The van der Waals surface area contributed by atoms with E-state index >= 15 is 0 Å². The molecule has 8 nitrogen and oxygen atoms in total. The second-order valence-electron chi connectivity index (χ2n) is 6.64. The fourth-order valence-corrected chi connectivity index (χ4v) is 3.68. The molecule has 2 aromatic heterocycles. The van der Waals surface area contributed by atoms with E-state index in [0.717, 1.165) is 12.4 Å². The van der Waals surface area contributed by atoms with Crippen molar-refractivity contribution in [3.63, 3.8) is 0 Å². The Morgan fingerprint density at radius 3 is 2.55 bits per heavy atom. The van der Waals surface area contributed by atoms with Crippen molar-refractivity contribution in [1.82, 2.24) is 19.7 Å². The number of ether oxygens (including phenoxy) is 1. The number of anilines is 1. The number of nitrogens with two attached hydrogens (primary N) is 1. The largest absolute Gasteiger partial charge is 0.493 e. The zero-order valence-corrected chi connectivity index (χ0v) is 16.3. The minimum absolute atomic E-state index is 0.0941. The van der Waals surface area contributed by atoms with Crippen molar-refractivity contribution in [2.75, 3.05) is 12.3 Å². The zero-order chi connectivity index (χ0) is 20.2. The molecule has 144 valence electrons. The van der Waals surface area contributed by atoms with Gasteiger partial charge in [0.15, 0.2) is 0 Å². The van der Waals surface area contributed by atoms with Gasteiger partial charge in [-0.1, -0.05) is 23.9 Å². The number of nitrogen functional groups attached to an aromatic ring is 1. The molecule has 1 saturated carbocycles. The van der Waals surface area contributed by atoms with Crippen molar-refractivity contribution in [3.05, 3.63) is 48.0 Å². The van der Waals surface area contributed by atoms with E-state index in [4.69, 9.17) is 10.5 Å². The number of nitrogens with zero attached hydrogens (tertiary/aromatic N) is 6. The van der Waals surface area contributed by atoms with Gasteiger partial charge in [0.2, 0.25) is 0 Å². The number of hydrogen-bond acceptors (Lipinski definition) is 8. The maximum Gasteiger partial charge on any atom is 0.143 e. The number of hydrogen-bond donors (Lipinski definition) is 1. The predicted molar refractivity (Wildman–Crippen MR) is 108 cm³/mol. The van der Waals surface area contributed by atoms with Crippen LogP contribution in [0.25, 0.3) is 11.1 Å². The molecule has 1 aliphatic rings. The summed E-state index contributed by atoms with van der Waals surface area (Å²) in [7, 11) is 0. The molecule has 0 radical (unpaired) electrons. The van der Waals surface area contributed by atoms with E-state index in [2.05, 4.69) is 27.2 Å². The minimum Gasteiger partial charge on any atom is -0.493 e. The fraction of sp³-hybridized carbons (Fsp3) is 0.250. The highest BCUT2D eigenvalue weighted by Gasteiger charge is 2.23. The van der Waals surface area contributed by atoms with E-state index in [-0.39, 0.29) is 11.4 Å². The standard InChI is InChI=1S/C20H17N7OS/c21-7-16-18(14-3-5-15(6-4-14)28-9-13-1-2-13)17(8-22)20(26-19(16)23)29-12-27-11-24-10-25-27/h3-6,10-11,13H,1-2,9,12H2,(H2,23,26). The summed E-state index contributed by atoms with van der Waals surface area (Å²) in [5.74, 6) is 1.94. The Labute approximate surface area is 172 Å². The highest BCUT2D eigenvalue weighted by molar-refractivity contribution is 7.98. The number of rotatable bonds is 7. The number of benzene rings is 1. The van der Waals surface area contributed by atoms with Gasteiger partial charge in [-0.3, -0.25) is 0 Å². The Balaban J connectivity index is 1.68. The van der Waals surface area contributed by atoms with Gasteiger partial charge < -0.3 is 10.5 Å². The van der Waals surface area contributed by atoms with Crippen LogP contribution in [-0.2, 0) is 5.88 Å². The third-order valence-corrected chi connectivity index (χ3v) is 5.50. The van der Waals surface area contributed by atoms with E-state index in [0.29, 0.717) is 33.5 Å². The van der Waals surface area contributed by atoms with Gasteiger partial charge in [-0.15, -0.1) is 0 Å². The molecule has 9 heteroatoms. The first-order valence-corrected chi connectivity index (χ1v) is 10.00. The van der Waals surface area contributed by atoms with Crippen molar-refractivity contribution >= 4 is 17.6 Å². The van der Waals surface area contributed by atoms with Gasteiger partial charge >= 0.3 is 0 Å². The molecule has 0 unspecified atom stereocenters. The van der Waals surface area contributed by atoms with Crippen LogP contribution in [0.2, 0.25) is 0 Å². The maximum absolute atomic E-state index is 9.82. The zero-order valence-electron chi connectivity index (χ0n) is 15.4. The molecule has 1 aliphatic carbocycles. The van der Waals surface area contributed by atoms with Gasteiger partial charge in [-0.05, 0) is 36.5 Å². The first-order valence-electron chi connectivity index (χ1n) is 9.01. The molecule has 1 fully saturated rings. The minimum atomic E-state index is 0.0941. The van der Waals surface area contributed by atoms with Crippen LogP contribution >= 0.6 is 11.8 Å². The summed E-state index contributed by atoms with van der Waals surface area (Å²) in [6.07, 6.45) is 5.46. The SMILES string of the molecule is N#Cc1c(N)nc(SCn2cncn2)c(C#N)c1-c1ccc(OCC2CC2)cc1. The lowest BCUT2D eigenvalue weighted by atomic mass is 9.97. The first-order chi connectivity index (χ1) is 14.2. The molecule has 0 amide bonds. The topological polar surface area (TPSA) is 126 Å². The van der Waals surface area contributed by atoms with E-state index in [1.807, 2.05) is 24.3 Å². The quantitative estimate of drug-likeness (QED) is 0.596. The maximum atomic E-state index is 9.82. The Morgan fingerprint density at radius 2 is 1.93 bits per heavy atom. The molecule has 1 aromatic carbocycles. The molecule has 29 heavy (non-hydrogen) atoms. The predicted octanol–water partition coefficient (Wildman–Crippen LogP) is 3.20. The molecule has 0 saturated heterocycles. The highest BCUT2D eigenvalue weighted by Crippen LogP contribution is 2.37. The average Bonchev–Trinajstić information content (AvgIpc) is 3.43. The number of aromatic nitrogens is 4. The van der Waals surface area contributed by atoms with Crippen LogP contribution in [0, 0.1) is 28.6 Å².